The number of rotatable bonds is 6. The highest BCUT2D eigenvalue weighted by molar-refractivity contribution is 5.89. The predicted octanol–water partition coefficient (Wildman–Crippen LogP) is 1.94. The summed E-state index contributed by atoms with van der Waals surface area (Å²) in [5.74, 6) is -1.00. The molecule has 0 aromatic heterocycles. The molecule has 0 saturated heterocycles. The van der Waals surface area contributed by atoms with E-state index in [-0.39, 0.29) is 12.1 Å². The van der Waals surface area contributed by atoms with Gasteiger partial charge >= 0.3 is 12.0 Å². The largest absolute Gasteiger partial charge is 0.478 e. The number of benzene rings is 1. The SMILES string of the molecule is COCC(C)NC(=O)Nc1ccc(/C=C/C(=O)O)cc1. The van der Waals surface area contributed by atoms with Gasteiger partial charge in [-0.25, -0.2) is 9.59 Å². The molecule has 3 N–H and O–H groups in total. The Bertz CT molecular complexity index is 482. The molecule has 2 amide bonds. The molecule has 0 fully saturated rings. The summed E-state index contributed by atoms with van der Waals surface area (Å²) >= 11 is 0. The molecule has 1 rings (SSSR count). The minimum atomic E-state index is -1.00. The molecule has 1 aromatic carbocycles. The number of carbonyl (C=O) groups is 2. The van der Waals surface area contributed by atoms with Gasteiger partial charge in [-0.1, -0.05) is 12.1 Å². The number of carbonyl (C=O) groups excluding carboxylic acids is 1. The maximum absolute atomic E-state index is 11.6. The van der Waals surface area contributed by atoms with Crippen LogP contribution < -0.4 is 10.6 Å². The number of hydrogen-bond acceptors (Lipinski definition) is 3. The molecule has 6 nitrogen and oxygen atoms in total. The van der Waals surface area contributed by atoms with Gasteiger partial charge in [0.15, 0.2) is 0 Å². The Morgan fingerprint density at radius 1 is 1.35 bits per heavy atom. The fourth-order valence-corrected chi connectivity index (χ4v) is 1.53. The van der Waals surface area contributed by atoms with Crippen molar-refractivity contribution < 1.29 is 19.4 Å². The molecule has 0 bridgehead atoms. The molecule has 108 valence electrons. The minimum Gasteiger partial charge on any atom is -0.478 e. The quantitative estimate of drug-likeness (QED) is 0.694. The Morgan fingerprint density at radius 3 is 2.55 bits per heavy atom. The number of nitrogens with one attached hydrogen (secondary N) is 2. The van der Waals surface area contributed by atoms with Crippen molar-refractivity contribution in [3.05, 3.63) is 35.9 Å². The van der Waals surface area contributed by atoms with Crippen molar-refractivity contribution >= 4 is 23.8 Å². The first kappa shape index (κ1) is 15.7. The van der Waals surface area contributed by atoms with Gasteiger partial charge in [-0.3, -0.25) is 0 Å². The Hall–Kier alpha value is -2.34. The molecule has 1 aromatic rings. The lowest BCUT2D eigenvalue weighted by Crippen LogP contribution is -2.38. The third-order valence-corrected chi connectivity index (χ3v) is 2.38. The van der Waals surface area contributed by atoms with Gasteiger partial charge in [0.2, 0.25) is 0 Å². The zero-order valence-corrected chi connectivity index (χ0v) is 11.4. The third kappa shape index (κ3) is 6.01. The van der Waals surface area contributed by atoms with E-state index in [1.807, 2.05) is 6.92 Å². The molecule has 0 saturated carbocycles. The van der Waals surface area contributed by atoms with Gasteiger partial charge in [-0.05, 0) is 30.7 Å². The van der Waals surface area contributed by atoms with Crippen molar-refractivity contribution in [2.45, 2.75) is 13.0 Å². The molecule has 20 heavy (non-hydrogen) atoms. The second-order valence-electron chi connectivity index (χ2n) is 4.25. The molecule has 0 heterocycles. The van der Waals surface area contributed by atoms with Gasteiger partial charge in [0, 0.05) is 18.9 Å². The number of methoxy groups -OCH3 is 1. The summed E-state index contributed by atoms with van der Waals surface area (Å²) in [4.78, 5) is 22.0. The molecule has 0 aliphatic heterocycles. The van der Waals surface area contributed by atoms with Gasteiger partial charge in [0.1, 0.15) is 0 Å². The van der Waals surface area contributed by atoms with Crippen molar-refractivity contribution in [1.82, 2.24) is 5.32 Å². The zero-order chi connectivity index (χ0) is 15.0. The van der Waals surface area contributed by atoms with Crippen LogP contribution in [0.3, 0.4) is 0 Å². The van der Waals surface area contributed by atoms with Crippen LogP contribution in [0.5, 0.6) is 0 Å². The van der Waals surface area contributed by atoms with Crippen LogP contribution in [-0.4, -0.2) is 36.9 Å². The molecule has 0 aliphatic rings. The minimum absolute atomic E-state index is 0.0854. The van der Waals surface area contributed by atoms with Crippen LogP contribution in [-0.2, 0) is 9.53 Å². The molecule has 1 unspecified atom stereocenters. The van der Waals surface area contributed by atoms with Crippen molar-refractivity contribution in [1.29, 1.82) is 0 Å². The van der Waals surface area contributed by atoms with Crippen LogP contribution >= 0.6 is 0 Å². The number of anilines is 1. The summed E-state index contributed by atoms with van der Waals surface area (Å²) in [6.45, 7) is 2.27. The third-order valence-electron chi connectivity index (χ3n) is 2.38. The number of carboxylic acid groups (broad SMARTS) is 1. The first-order valence-corrected chi connectivity index (χ1v) is 6.09. The summed E-state index contributed by atoms with van der Waals surface area (Å²) in [6, 6.07) is 6.42. The molecule has 6 heteroatoms. The molecule has 1 atom stereocenters. The average Bonchev–Trinajstić information content (AvgIpc) is 2.37. The summed E-state index contributed by atoms with van der Waals surface area (Å²) in [5.41, 5.74) is 1.37. The number of carboxylic acids is 1. The lowest BCUT2D eigenvalue weighted by Gasteiger charge is -2.13. The second-order valence-corrected chi connectivity index (χ2v) is 4.25. The van der Waals surface area contributed by atoms with Gasteiger partial charge in [-0.15, -0.1) is 0 Å². The van der Waals surface area contributed by atoms with Crippen LogP contribution in [0.25, 0.3) is 6.08 Å². The van der Waals surface area contributed by atoms with E-state index in [1.54, 1.807) is 31.4 Å². The topological polar surface area (TPSA) is 87.7 Å². The van der Waals surface area contributed by atoms with E-state index >= 15 is 0 Å². The van der Waals surface area contributed by atoms with E-state index < -0.39 is 5.97 Å². The summed E-state index contributed by atoms with van der Waals surface area (Å²) in [5, 5.41) is 13.9. The molecular formula is C14H18N2O4. The zero-order valence-electron chi connectivity index (χ0n) is 11.4. The normalized spacial score (nSPS) is 12.1. The maximum Gasteiger partial charge on any atom is 0.328 e. The maximum atomic E-state index is 11.6. The Labute approximate surface area is 117 Å². The van der Waals surface area contributed by atoms with E-state index in [4.69, 9.17) is 9.84 Å². The van der Waals surface area contributed by atoms with Crippen molar-refractivity contribution in [3.8, 4) is 0 Å². The van der Waals surface area contributed by atoms with Gasteiger partial charge < -0.3 is 20.5 Å². The van der Waals surface area contributed by atoms with E-state index in [9.17, 15) is 9.59 Å². The highest BCUT2D eigenvalue weighted by Crippen LogP contribution is 2.10. The molecular weight excluding hydrogens is 260 g/mol. The lowest BCUT2D eigenvalue weighted by molar-refractivity contribution is -0.131. The summed E-state index contributed by atoms with van der Waals surface area (Å²) in [7, 11) is 1.57. The Morgan fingerprint density at radius 2 is 2.00 bits per heavy atom. The van der Waals surface area contributed by atoms with Crippen molar-refractivity contribution in [3.63, 3.8) is 0 Å². The van der Waals surface area contributed by atoms with Gasteiger partial charge in [0.25, 0.3) is 0 Å². The van der Waals surface area contributed by atoms with Crippen molar-refractivity contribution in [2.24, 2.45) is 0 Å². The smallest absolute Gasteiger partial charge is 0.328 e. The molecule has 0 aliphatic carbocycles. The number of urea groups is 1. The number of ether oxygens (including phenoxy) is 1. The first-order chi connectivity index (χ1) is 9.51. The monoisotopic (exact) mass is 278 g/mol. The van der Waals surface area contributed by atoms with E-state index in [2.05, 4.69) is 10.6 Å². The predicted molar refractivity (Wildman–Crippen MR) is 76.6 cm³/mol. The van der Waals surface area contributed by atoms with E-state index in [0.717, 1.165) is 11.6 Å². The van der Waals surface area contributed by atoms with E-state index in [0.29, 0.717) is 12.3 Å². The average molecular weight is 278 g/mol. The van der Waals surface area contributed by atoms with Crippen LogP contribution in [0.2, 0.25) is 0 Å². The lowest BCUT2D eigenvalue weighted by atomic mass is 10.2. The van der Waals surface area contributed by atoms with Crippen molar-refractivity contribution in [2.75, 3.05) is 19.0 Å². The van der Waals surface area contributed by atoms with Crippen LogP contribution in [0, 0.1) is 0 Å². The van der Waals surface area contributed by atoms with Crippen LogP contribution in [0.15, 0.2) is 30.3 Å². The summed E-state index contributed by atoms with van der Waals surface area (Å²) < 4.78 is 4.92. The molecule has 0 spiro atoms. The van der Waals surface area contributed by atoms with Gasteiger partial charge in [-0.2, -0.15) is 0 Å². The second kappa shape index (κ2) is 7.96. The Kier molecular flexibility index (Phi) is 6.25. The van der Waals surface area contributed by atoms with Crippen LogP contribution in [0.4, 0.5) is 10.5 Å². The number of hydrogen-bond donors (Lipinski definition) is 3. The molecule has 0 radical (unpaired) electrons. The van der Waals surface area contributed by atoms with Crippen LogP contribution in [0.1, 0.15) is 12.5 Å². The Balaban J connectivity index is 2.52. The first-order valence-electron chi connectivity index (χ1n) is 6.09. The fraction of sp³-hybridized carbons (Fsp3) is 0.286. The standard InChI is InChI=1S/C14H18N2O4/c1-10(9-20-2)15-14(19)16-12-6-3-11(4-7-12)5-8-13(17)18/h3-8,10H,9H2,1-2H3,(H,17,18)(H2,15,16,19)/b8-5+. The highest BCUT2D eigenvalue weighted by atomic mass is 16.5. The number of amides is 2. The highest BCUT2D eigenvalue weighted by Gasteiger charge is 2.06. The summed E-state index contributed by atoms with van der Waals surface area (Å²) in [6.07, 6.45) is 2.54. The van der Waals surface area contributed by atoms with E-state index in [1.165, 1.54) is 6.08 Å². The van der Waals surface area contributed by atoms with Gasteiger partial charge in [0.05, 0.1) is 12.6 Å². The fourth-order valence-electron chi connectivity index (χ4n) is 1.53. The number of aliphatic carboxylic acids is 1.